The lowest BCUT2D eigenvalue weighted by Gasteiger charge is -2.25. The van der Waals surface area contributed by atoms with Gasteiger partial charge in [-0.25, -0.2) is 0 Å². The second-order valence-electron chi connectivity index (χ2n) is 5.54. The molecule has 0 aliphatic heterocycles. The molecule has 0 saturated heterocycles. The third-order valence-corrected chi connectivity index (χ3v) is 3.69. The lowest BCUT2D eigenvalue weighted by Crippen LogP contribution is -2.25. The SMILES string of the molecule is Cc1ccc(Br)cc1-c1nnc(CCl)n1C(C)(C)C. The maximum atomic E-state index is 5.98. The van der Waals surface area contributed by atoms with Gasteiger partial charge in [-0.1, -0.05) is 22.0 Å². The number of rotatable bonds is 2. The molecule has 0 fully saturated rings. The molecule has 3 nitrogen and oxygen atoms in total. The van der Waals surface area contributed by atoms with Crippen molar-refractivity contribution in [3.8, 4) is 11.4 Å². The second-order valence-corrected chi connectivity index (χ2v) is 6.72. The van der Waals surface area contributed by atoms with Crippen LogP contribution in [0.25, 0.3) is 11.4 Å². The van der Waals surface area contributed by atoms with E-state index in [0.717, 1.165) is 21.7 Å². The van der Waals surface area contributed by atoms with Crippen LogP contribution in [0, 0.1) is 6.92 Å². The highest BCUT2D eigenvalue weighted by molar-refractivity contribution is 9.10. The van der Waals surface area contributed by atoms with Crippen LogP contribution >= 0.6 is 27.5 Å². The van der Waals surface area contributed by atoms with Gasteiger partial charge in [0.1, 0.15) is 5.82 Å². The summed E-state index contributed by atoms with van der Waals surface area (Å²) in [6.07, 6.45) is 0. The average Bonchev–Trinajstić information content (AvgIpc) is 2.75. The van der Waals surface area contributed by atoms with Crippen molar-refractivity contribution in [3.05, 3.63) is 34.1 Å². The molecule has 1 aromatic carbocycles. The van der Waals surface area contributed by atoms with E-state index < -0.39 is 0 Å². The molecule has 2 aromatic rings. The van der Waals surface area contributed by atoms with Gasteiger partial charge in [0, 0.05) is 15.6 Å². The summed E-state index contributed by atoms with van der Waals surface area (Å²) >= 11 is 9.49. The van der Waals surface area contributed by atoms with Gasteiger partial charge in [0.2, 0.25) is 0 Å². The quantitative estimate of drug-likeness (QED) is 0.752. The molecule has 0 saturated carbocycles. The number of hydrogen-bond acceptors (Lipinski definition) is 2. The Labute approximate surface area is 127 Å². The van der Waals surface area contributed by atoms with E-state index in [1.807, 2.05) is 6.07 Å². The third-order valence-electron chi connectivity index (χ3n) is 2.96. The molecule has 0 atom stereocenters. The van der Waals surface area contributed by atoms with E-state index in [4.69, 9.17) is 11.6 Å². The number of halogens is 2. The number of alkyl halides is 1. The van der Waals surface area contributed by atoms with Crippen LogP contribution in [0.3, 0.4) is 0 Å². The Morgan fingerprint density at radius 1 is 1.26 bits per heavy atom. The molecule has 0 N–H and O–H groups in total. The summed E-state index contributed by atoms with van der Waals surface area (Å²) in [6, 6.07) is 6.17. The van der Waals surface area contributed by atoms with Crippen molar-refractivity contribution in [2.45, 2.75) is 39.1 Å². The molecule has 0 bridgehead atoms. The smallest absolute Gasteiger partial charge is 0.164 e. The monoisotopic (exact) mass is 341 g/mol. The van der Waals surface area contributed by atoms with Crippen molar-refractivity contribution in [2.24, 2.45) is 0 Å². The van der Waals surface area contributed by atoms with Crippen LogP contribution in [0.15, 0.2) is 22.7 Å². The first-order valence-electron chi connectivity index (χ1n) is 6.12. The van der Waals surface area contributed by atoms with Gasteiger partial charge in [0.05, 0.1) is 5.88 Å². The molecule has 0 amide bonds. The molecule has 0 spiro atoms. The minimum absolute atomic E-state index is 0.113. The highest BCUT2D eigenvalue weighted by Crippen LogP contribution is 2.30. The molecule has 0 aliphatic carbocycles. The Kier molecular flexibility index (Phi) is 4.02. The molecule has 102 valence electrons. The molecule has 0 unspecified atom stereocenters. The topological polar surface area (TPSA) is 30.7 Å². The Balaban J connectivity index is 2.69. The van der Waals surface area contributed by atoms with Crippen molar-refractivity contribution in [3.63, 3.8) is 0 Å². The van der Waals surface area contributed by atoms with E-state index in [9.17, 15) is 0 Å². The normalized spacial score (nSPS) is 11.9. The zero-order chi connectivity index (χ0) is 14.2. The number of aromatic nitrogens is 3. The fraction of sp³-hybridized carbons (Fsp3) is 0.429. The molecule has 1 heterocycles. The lowest BCUT2D eigenvalue weighted by atomic mass is 10.0. The fourth-order valence-electron chi connectivity index (χ4n) is 2.12. The second kappa shape index (κ2) is 5.25. The van der Waals surface area contributed by atoms with Crippen molar-refractivity contribution < 1.29 is 0 Å². The summed E-state index contributed by atoms with van der Waals surface area (Å²) in [6.45, 7) is 8.46. The Morgan fingerprint density at radius 2 is 1.95 bits per heavy atom. The summed E-state index contributed by atoms with van der Waals surface area (Å²) in [4.78, 5) is 0. The van der Waals surface area contributed by atoms with Crippen molar-refractivity contribution in [1.29, 1.82) is 0 Å². The highest BCUT2D eigenvalue weighted by Gasteiger charge is 2.24. The van der Waals surface area contributed by atoms with Gasteiger partial charge < -0.3 is 4.57 Å². The molecule has 19 heavy (non-hydrogen) atoms. The molecule has 0 aliphatic rings. The summed E-state index contributed by atoms with van der Waals surface area (Å²) in [7, 11) is 0. The van der Waals surface area contributed by atoms with E-state index in [0.29, 0.717) is 5.88 Å². The largest absolute Gasteiger partial charge is 0.305 e. The van der Waals surface area contributed by atoms with Gasteiger partial charge in [0.15, 0.2) is 5.82 Å². The standard InChI is InChI=1S/C14H17BrClN3/c1-9-5-6-10(15)7-11(9)13-18-17-12(8-16)19(13)14(2,3)4/h5-7H,8H2,1-4H3. The lowest BCUT2D eigenvalue weighted by molar-refractivity contribution is 0.390. The minimum atomic E-state index is -0.113. The van der Waals surface area contributed by atoms with E-state index in [1.54, 1.807) is 0 Å². The molecule has 5 heteroatoms. The van der Waals surface area contributed by atoms with Gasteiger partial charge >= 0.3 is 0 Å². The predicted molar refractivity (Wildman–Crippen MR) is 82.4 cm³/mol. The number of benzene rings is 1. The van der Waals surface area contributed by atoms with Gasteiger partial charge in [-0.05, 0) is 45.4 Å². The van der Waals surface area contributed by atoms with Crippen LogP contribution in [0.4, 0.5) is 0 Å². The van der Waals surface area contributed by atoms with E-state index in [2.05, 4.69) is 70.5 Å². The van der Waals surface area contributed by atoms with Gasteiger partial charge in [-0.15, -0.1) is 21.8 Å². The molecular formula is C14H17BrClN3. The van der Waals surface area contributed by atoms with E-state index in [1.165, 1.54) is 5.56 Å². The molecule has 1 aromatic heterocycles. The molecule has 0 radical (unpaired) electrons. The van der Waals surface area contributed by atoms with Crippen LogP contribution < -0.4 is 0 Å². The van der Waals surface area contributed by atoms with Crippen LogP contribution in [-0.2, 0) is 11.4 Å². The molecule has 2 rings (SSSR count). The maximum Gasteiger partial charge on any atom is 0.164 e. The summed E-state index contributed by atoms with van der Waals surface area (Å²) < 4.78 is 3.14. The van der Waals surface area contributed by atoms with Crippen molar-refractivity contribution in [2.75, 3.05) is 0 Å². The Morgan fingerprint density at radius 3 is 2.53 bits per heavy atom. The highest BCUT2D eigenvalue weighted by atomic mass is 79.9. The van der Waals surface area contributed by atoms with Crippen molar-refractivity contribution >= 4 is 27.5 Å². The van der Waals surface area contributed by atoms with E-state index >= 15 is 0 Å². The predicted octanol–water partition coefficient (Wildman–Crippen LogP) is 4.51. The van der Waals surface area contributed by atoms with Gasteiger partial charge in [-0.3, -0.25) is 0 Å². The summed E-state index contributed by atoms with van der Waals surface area (Å²) in [5, 5.41) is 8.55. The molecular weight excluding hydrogens is 326 g/mol. The van der Waals surface area contributed by atoms with Crippen molar-refractivity contribution in [1.82, 2.24) is 14.8 Å². The van der Waals surface area contributed by atoms with Gasteiger partial charge in [0.25, 0.3) is 0 Å². The van der Waals surface area contributed by atoms with E-state index in [-0.39, 0.29) is 5.54 Å². The van der Waals surface area contributed by atoms with Crippen LogP contribution in [0.2, 0.25) is 0 Å². The Bertz CT molecular complexity index is 599. The van der Waals surface area contributed by atoms with Crippen LogP contribution in [-0.4, -0.2) is 14.8 Å². The number of nitrogens with zero attached hydrogens (tertiary/aromatic N) is 3. The third kappa shape index (κ3) is 2.84. The Hall–Kier alpha value is -0.870. The average molecular weight is 343 g/mol. The summed E-state index contributed by atoms with van der Waals surface area (Å²) in [5.74, 6) is 2.02. The van der Waals surface area contributed by atoms with Crippen LogP contribution in [0.5, 0.6) is 0 Å². The minimum Gasteiger partial charge on any atom is -0.305 e. The zero-order valence-corrected chi connectivity index (χ0v) is 13.9. The maximum absolute atomic E-state index is 5.98. The van der Waals surface area contributed by atoms with Crippen LogP contribution in [0.1, 0.15) is 32.2 Å². The first kappa shape index (κ1) is 14.5. The number of aryl methyl sites for hydroxylation is 1. The first-order chi connectivity index (χ1) is 8.84. The number of hydrogen-bond donors (Lipinski definition) is 0. The van der Waals surface area contributed by atoms with Gasteiger partial charge in [-0.2, -0.15) is 0 Å². The zero-order valence-electron chi connectivity index (χ0n) is 11.5. The fourth-order valence-corrected chi connectivity index (χ4v) is 2.65. The summed E-state index contributed by atoms with van der Waals surface area (Å²) in [5.41, 5.74) is 2.13. The first-order valence-corrected chi connectivity index (χ1v) is 7.44.